The molecule has 2 aromatic rings. The Kier molecular flexibility index (Phi) is 3.46. The van der Waals surface area contributed by atoms with Gasteiger partial charge in [-0.15, -0.1) is 12.4 Å². The molecule has 4 N–H and O–H groups in total. The van der Waals surface area contributed by atoms with Crippen molar-refractivity contribution in [2.45, 2.75) is 0 Å². The van der Waals surface area contributed by atoms with Gasteiger partial charge in [0.1, 0.15) is 0 Å². The molecule has 0 atom stereocenters. The third-order valence-electron chi connectivity index (χ3n) is 1.88. The SMILES string of the molecule is Cl.Nc1cnc(-c2ccccc2)nc1N. The molecule has 1 heterocycles. The summed E-state index contributed by atoms with van der Waals surface area (Å²) in [5.41, 5.74) is 12.4. The molecule has 0 aliphatic rings. The Morgan fingerprint density at radius 3 is 2.27 bits per heavy atom. The highest BCUT2D eigenvalue weighted by molar-refractivity contribution is 5.85. The van der Waals surface area contributed by atoms with Crippen LogP contribution in [0.3, 0.4) is 0 Å². The molecule has 4 nitrogen and oxygen atoms in total. The van der Waals surface area contributed by atoms with Crippen molar-refractivity contribution in [3.63, 3.8) is 0 Å². The minimum atomic E-state index is 0. The second kappa shape index (κ2) is 4.61. The quantitative estimate of drug-likeness (QED) is 0.770. The lowest BCUT2D eigenvalue weighted by atomic mass is 10.2. The number of hydrogen-bond acceptors (Lipinski definition) is 4. The Morgan fingerprint density at radius 2 is 1.67 bits per heavy atom. The van der Waals surface area contributed by atoms with E-state index < -0.39 is 0 Å². The van der Waals surface area contributed by atoms with Crippen molar-refractivity contribution in [2.75, 3.05) is 11.5 Å². The summed E-state index contributed by atoms with van der Waals surface area (Å²) in [6.45, 7) is 0. The largest absolute Gasteiger partial charge is 0.394 e. The summed E-state index contributed by atoms with van der Waals surface area (Å²) in [6.07, 6.45) is 1.52. The molecule has 1 aromatic heterocycles. The summed E-state index contributed by atoms with van der Waals surface area (Å²) < 4.78 is 0. The van der Waals surface area contributed by atoms with Crippen LogP contribution in [-0.2, 0) is 0 Å². The van der Waals surface area contributed by atoms with Gasteiger partial charge in [0, 0.05) is 5.56 Å². The maximum atomic E-state index is 5.58. The molecule has 0 aliphatic heterocycles. The molecular formula is C10H11ClN4. The number of aromatic nitrogens is 2. The van der Waals surface area contributed by atoms with Crippen LogP contribution in [0.2, 0.25) is 0 Å². The van der Waals surface area contributed by atoms with Crippen molar-refractivity contribution in [1.82, 2.24) is 9.97 Å². The van der Waals surface area contributed by atoms with Gasteiger partial charge in [-0.1, -0.05) is 30.3 Å². The third kappa shape index (κ3) is 2.35. The number of nitrogens with zero attached hydrogens (tertiary/aromatic N) is 2. The molecule has 1 aromatic carbocycles. The van der Waals surface area contributed by atoms with Crippen LogP contribution in [0.4, 0.5) is 11.5 Å². The van der Waals surface area contributed by atoms with Gasteiger partial charge in [-0.3, -0.25) is 0 Å². The first-order valence-corrected chi connectivity index (χ1v) is 4.21. The maximum Gasteiger partial charge on any atom is 0.161 e. The van der Waals surface area contributed by atoms with Crippen LogP contribution in [0.15, 0.2) is 36.5 Å². The number of benzene rings is 1. The minimum Gasteiger partial charge on any atom is -0.394 e. The number of rotatable bonds is 1. The molecule has 78 valence electrons. The number of hydrogen-bond donors (Lipinski definition) is 2. The van der Waals surface area contributed by atoms with Crippen LogP contribution >= 0.6 is 12.4 Å². The van der Waals surface area contributed by atoms with Crippen LogP contribution in [0.5, 0.6) is 0 Å². The molecule has 0 spiro atoms. The Morgan fingerprint density at radius 1 is 1.00 bits per heavy atom. The van der Waals surface area contributed by atoms with E-state index >= 15 is 0 Å². The van der Waals surface area contributed by atoms with Crippen molar-refractivity contribution in [2.24, 2.45) is 0 Å². The Hall–Kier alpha value is -1.81. The van der Waals surface area contributed by atoms with E-state index in [1.165, 1.54) is 6.20 Å². The summed E-state index contributed by atoms with van der Waals surface area (Å²) in [5.74, 6) is 0.913. The highest BCUT2D eigenvalue weighted by Gasteiger charge is 2.02. The lowest BCUT2D eigenvalue weighted by Gasteiger charge is -2.02. The zero-order valence-electron chi connectivity index (χ0n) is 7.92. The van der Waals surface area contributed by atoms with Gasteiger partial charge in [-0.25, -0.2) is 9.97 Å². The zero-order valence-corrected chi connectivity index (χ0v) is 8.74. The molecule has 15 heavy (non-hydrogen) atoms. The van der Waals surface area contributed by atoms with Crippen molar-refractivity contribution in [3.8, 4) is 11.4 Å². The van der Waals surface area contributed by atoms with E-state index in [0.29, 0.717) is 17.3 Å². The van der Waals surface area contributed by atoms with Gasteiger partial charge in [-0.05, 0) is 0 Å². The van der Waals surface area contributed by atoms with Crippen LogP contribution in [0, 0.1) is 0 Å². The monoisotopic (exact) mass is 222 g/mol. The van der Waals surface area contributed by atoms with Gasteiger partial charge < -0.3 is 11.5 Å². The first-order valence-electron chi connectivity index (χ1n) is 4.21. The standard InChI is InChI=1S/C10H10N4.ClH/c11-8-6-13-10(14-9(8)12)7-4-2-1-3-5-7;/h1-6H,11H2,(H2,12,13,14);1H. The Labute approximate surface area is 93.8 Å². The van der Waals surface area contributed by atoms with Crippen LogP contribution in [0.25, 0.3) is 11.4 Å². The predicted molar refractivity (Wildman–Crippen MR) is 63.5 cm³/mol. The predicted octanol–water partition coefficient (Wildman–Crippen LogP) is 1.73. The van der Waals surface area contributed by atoms with Gasteiger partial charge in [0.2, 0.25) is 0 Å². The molecule has 0 unspecified atom stereocenters. The summed E-state index contributed by atoms with van der Waals surface area (Å²) in [7, 11) is 0. The fraction of sp³-hybridized carbons (Fsp3) is 0. The van der Waals surface area contributed by atoms with Gasteiger partial charge in [0.15, 0.2) is 11.6 Å². The highest BCUT2D eigenvalue weighted by Crippen LogP contribution is 2.17. The van der Waals surface area contributed by atoms with E-state index in [0.717, 1.165) is 5.56 Å². The molecule has 0 amide bonds. The molecule has 0 saturated carbocycles. The molecule has 0 aliphatic carbocycles. The first-order chi connectivity index (χ1) is 6.77. The van der Waals surface area contributed by atoms with Crippen molar-refractivity contribution in [3.05, 3.63) is 36.5 Å². The highest BCUT2D eigenvalue weighted by atomic mass is 35.5. The minimum absolute atomic E-state index is 0. The average Bonchev–Trinajstić information content (AvgIpc) is 2.23. The molecule has 2 rings (SSSR count). The topological polar surface area (TPSA) is 77.8 Å². The van der Waals surface area contributed by atoms with E-state index in [9.17, 15) is 0 Å². The number of nitrogen functional groups attached to an aromatic ring is 2. The fourth-order valence-corrected chi connectivity index (χ4v) is 1.13. The average molecular weight is 223 g/mol. The van der Waals surface area contributed by atoms with Crippen molar-refractivity contribution >= 4 is 23.9 Å². The smallest absolute Gasteiger partial charge is 0.161 e. The third-order valence-corrected chi connectivity index (χ3v) is 1.88. The van der Waals surface area contributed by atoms with Crippen LogP contribution in [0.1, 0.15) is 0 Å². The molecule has 0 fully saturated rings. The lowest BCUT2D eigenvalue weighted by molar-refractivity contribution is 1.19. The first kappa shape index (κ1) is 11.3. The number of anilines is 2. The van der Waals surface area contributed by atoms with Crippen molar-refractivity contribution < 1.29 is 0 Å². The molecule has 0 bridgehead atoms. The van der Waals surface area contributed by atoms with Crippen molar-refractivity contribution in [1.29, 1.82) is 0 Å². The van der Waals surface area contributed by atoms with Gasteiger partial charge in [0.25, 0.3) is 0 Å². The van der Waals surface area contributed by atoms with E-state index in [2.05, 4.69) is 9.97 Å². The summed E-state index contributed by atoms with van der Waals surface area (Å²) in [5, 5.41) is 0. The van der Waals surface area contributed by atoms with E-state index in [1.54, 1.807) is 0 Å². The Balaban J connectivity index is 0.00000112. The molecule has 5 heteroatoms. The van der Waals surface area contributed by atoms with Crippen LogP contribution < -0.4 is 11.5 Å². The zero-order chi connectivity index (χ0) is 9.97. The van der Waals surface area contributed by atoms with E-state index in [-0.39, 0.29) is 12.4 Å². The lowest BCUT2D eigenvalue weighted by Crippen LogP contribution is -2.00. The molecule has 0 radical (unpaired) electrons. The second-order valence-electron chi connectivity index (χ2n) is 2.90. The summed E-state index contributed by atoms with van der Waals surface area (Å²) >= 11 is 0. The fourth-order valence-electron chi connectivity index (χ4n) is 1.13. The summed E-state index contributed by atoms with van der Waals surface area (Å²) in [4.78, 5) is 8.18. The summed E-state index contributed by atoms with van der Waals surface area (Å²) in [6, 6.07) is 9.62. The Bertz CT molecular complexity index is 444. The van der Waals surface area contributed by atoms with Gasteiger partial charge >= 0.3 is 0 Å². The van der Waals surface area contributed by atoms with Crippen LogP contribution in [-0.4, -0.2) is 9.97 Å². The molecule has 0 saturated heterocycles. The maximum absolute atomic E-state index is 5.58. The second-order valence-corrected chi connectivity index (χ2v) is 2.90. The van der Waals surface area contributed by atoms with E-state index in [1.807, 2.05) is 30.3 Å². The molecular weight excluding hydrogens is 212 g/mol. The number of nitrogens with two attached hydrogens (primary N) is 2. The van der Waals surface area contributed by atoms with E-state index in [4.69, 9.17) is 11.5 Å². The van der Waals surface area contributed by atoms with Gasteiger partial charge in [-0.2, -0.15) is 0 Å². The normalized spacial score (nSPS) is 9.33. The van der Waals surface area contributed by atoms with Gasteiger partial charge in [0.05, 0.1) is 11.9 Å². The number of halogens is 1.